The summed E-state index contributed by atoms with van der Waals surface area (Å²) in [6.07, 6.45) is 6.66. The SMILES string of the molecule is CCCC1CCC([O])CC1. The molecule has 0 saturated heterocycles. The molecule has 0 atom stereocenters. The standard InChI is InChI=1S/C9H17O/c1-2-3-8-4-6-9(10)7-5-8/h8-9H,2-7H2,1H3. The van der Waals surface area contributed by atoms with E-state index in [0.29, 0.717) is 0 Å². The van der Waals surface area contributed by atoms with E-state index in [0.717, 1.165) is 18.8 Å². The second-order valence-corrected chi connectivity index (χ2v) is 3.43. The highest BCUT2D eigenvalue weighted by Gasteiger charge is 2.18. The molecule has 0 amide bonds. The quantitative estimate of drug-likeness (QED) is 0.563. The van der Waals surface area contributed by atoms with Gasteiger partial charge in [0.05, 0.1) is 6.10 Å². The molecule has 1 fully saturated rings. The highest BCUT2D eigenvalue weighted by Crippen LogP contribution is 2.27. The Hall–Kier alpha value is -0.0400. The van der Waals surface area contributed by atoms with Gasteiger partial charge in [0, 0.05) is 0 Å². The Labute approximate surface area is 63.4 Å². The molecule has 0 N–H and O–H groups in total. The highest BCUT2D eigenvalue weighted by atomic mass is 16.3. The van der Waals surface area contributed by atoms with Crippen molar-refractivity contribution in [3.63, 3.8) is 0 Å². The smallest absolute Gasteiger partial charge is 0.0930 e. The molecule has 10 heavy (non-hydrogen) atoms. The van der Waals surface area contributed by atoms with Crippen molar-refractivity contribution in [2.75, 3.05) is 0 Å². The molecular formula is C9H17O. The van der Waals surface area contributed by atoms with Crippen LogP contribution in [0.1, 0.15) is 45.4 Å². The van der Waals surface area contributed by atoms with Crippen LogP contribution < -0.4 is 0 Å². The van der Waals surface area contributed by atoms with Crippen molar-refractivity contribution in [1.82, 2.24) is 0 Å². The molecule has 1 rings (SSSR count). The molecule has 0 spiro atoms. The summed E-state index contributed by atoms with van der Waals surface area (Å²) >= 11 is 0. The molecule has 0 aliphatic heterocycles. The van der Waals surface area contributed by atoms with Crippen LogP contribution in [0, 0.1) is 5.92 Å². The van der Waals surface area contributed by atoms with Gasteiger partial charge >= 0.3 is 0 Å². The third kappa shape index (κ3) is 2.30. The van der Waals surface area contributed by atoms with E-state index in [9.17, 15) is 5.11 Å². The minimum absolute atomic E-state index is 0.229. The van der Waals surface area contributed by atoms with Crippen LogP contribution >= 0.6 is 0 Å². The molecule has 1 aliphatic carbocycles. The fourth-order valence-corrected chi connectivity index (χ4v) is 1.83. The molecule has 0 unspecified atom stereocenters. The number of hydrogen-bond donors (Lipinski definition) is 0. The normalized spacial score (nSPS) is 34.2. The van der Waals surface area contributed by atoms with E-state index in [1.165, 1.54) is 25.7 Å². The average Bonchev–Trinajstić information content (AvgIpc) is 1.95. The minimum atomic E-state index is -0.229. The molecule has 1 saturated carbocycles. The lowest BCUT2D eigenvalue weighted by Crippen LogP contribution is -2.16. The third-order valence-electron chi connectivity index (χ3n) is 2.49. The van der Waals surface area contributed by atoms with Gasteiger partial charge in [0.2, 0.25) is 0 Å². The Kier molecular flexibility index (Phi) is 3.20. The third-order valence-corrected chi connectivity index (χ3v) is 2.49. The van der Waals surface area contributed by atoms with Gasteiger partial charge in [-0.1, -0.05) is 19.8 Å². The Balaban J connectivity index is 2.13. The topological polar surface area (TPSA) is 19.9 Å². The summed E-state index contributed by atoms with van der Waals surface area (Å²) in [6, 6.07) is 0. The molecule has 0 bridgehead atoms. The average molecular weight is 141 g/mol. The fraction of sp³-hybridized carbons (Fsp3) is 1.00. The van der Waals surface area contributed by atoms with E-state index in [4.69, 9.17) is 0 Å². The van der Waals surface area contributed by atoms with Crippen molar-refractivity contribution in [1.29, 1.82) is 0 Å². The zero-order valence-electron chi connectivity index (χ0n) is 6.81. The van der Waals surface area contributed by atoms with E-state index >= 15 is 0 Å². The van der Waals surface area contributed by atoms with E-state index in [1.807, 2.05) is 0 Å². The van der Waals surface area contributed by atoms with E-state index in [1.54, 1.807) is 0 Å². The van der Waals surface area contributed by atoms with Gasteiger partial charge in [-0.2, -0.15) is 0 Å². The predicted octanol–water partition coefficient (Wildman–Crippen LogP) is 2.78. The molecule has 0 aromatic heterocycles. The summed E-state index contributed by atoms with van der Waals surface area (Å²) in [5, 5.41) is 10.9. The van der Waals surface area contributed by atoms with Crippen molar-refractivity contribution >= 4 is 0 Å². The van der Waals surface area contributed by atoms with Crippen molar-refractivity contribution in [3.8, 4) is 0 Å². The fourth-order valence-electron chi connectivity index (χ4n) is 1.83. The molecule has 0 heterocycles. The zero-order chi connectivity index (χ0) is 7.40. The largest absolute Gasteiger partial charge is 0.233 e. The Morgan fingerprint density at radius 2 is 1.80 bits per heavy atom. The Bertz CT molecular complexity index is 82.7. The van der Waals surface area contributed by atoms with Gasteiger partial charge in [0.25, 0.3) is 0 Å². The number of rotatable bonds is 2. The van der Waals surface area contributed by atoms with Gasteiger partial charge in [-0.15, -0.1) is 0 Å². The van der Waals surface area contributed by atoms with Crippen LogP contribution in [0.15, 0.2) is 0 Å². The first-order chi connectivity index (χ1) is 4.83. The predicted molar refractivity (Wildman–Crippen MR) is 41.3 cm³/mol. The van der Waals surface area contributed by atoms with E-state index < -0.39 is 0 Å². The van der Waals surface area contributed by atoms with Crippen LogP contribution in [-0.2, 0) is 5.11 Å². The lowest BCUT2D eigenvalue weighted by molar-refractivity contribution is 0.0412. The maximum absolute atomic E-state index is 10.9. The summed E-state index contributed by atoms with van der Waals surface area (Å²) < 4.78 is 0. The van der Waals surface area contributed by atoms with Crippen LogP contribution in [0.3, 0.4) is 0 Å². The van der Waals surface area contributed by atoms with Crippen LogP contribution in [-0.4, -0.2) is 6.10 Å². The van der Waals surface area contributed by atoms with Crippen molar-refractivity contribution in [2.24, 2.45) is 5.92 Å². The summed E-state index contributed by atoms with van der Waals surface area (Å²) in [7, 11) is 0. The highest BCUT2D eigenvalue weighted by molar-refractivity contribution is 4.70. The van der Waals surface area contributed by atoms with Crippen molar-refractivity contribution < 1.29 is 5.11 Å². The molecular weight excluding hydrogens is 124 g/mol. The molecule has 0 aromatic carbocycles. The van der Waals surface area contributed by atoms with Gasteiger partial charge in [0.1, 0.15) is 0 Å². The van der Waals surface area contributed by atoms with Gasteiger partial charge in [0.15, 0.2) is 0 Å². The van der Waals surface area contributed by atoms with Gasteiger partial charge in [-0.05, 0) is 31.6 Å². The van der Waals surface area contributed by atoms with E-state index in [-0.39, 0.29) is 6.10 Å². The first-order valence-corrected chi connectivity index (χ1v) is 4.48. The molecule has 1 aliphatic rings. The summed E-state index contributed by atoms with van der Waals surface area (Å²) in [6.45, 7) is 2.23. The van der Waals surface area contributed by atoms with Gasteiger partial charge < -0.3 is 0 Å². The van der Waals surface area contributed by atoms with Crippen LogP contribution in [0.5, 0.6) is 0 Å². The van der Waals surface area contributed by atoms with Crippen molar-refractivity contribution in [3.05, 3.63) is 0 Å². The maximum Gasteiger partial charge on any atom is 0.0930 e. The minimum Gasteiger partial charge on any atom is -0.233 e. The molecule has 1 radical (unpaired) electrons. The zero-order valence-corrected chi connectivity index (χ0v) is 6.81. The summed E-state index contributed by atoms with van der Waals surface area (Å²) in [5.41, 5.74) is 0. The van der Waals surface area contributed by atoms with E-state index in [2.05, 4.69) is 6.92 Å². The van der Waals surface area contributed by atoms with Crippen molar-refractivity contribution in [2.45, 2.75) is 51.6 Å². The summed E-state index contributed by atoms with van der Waals surface area (Å²) in [5.74, 6) is 0.884. The molecule has 0 aromatic rings. The Morgan fingerprint density at radius 3 is 2.30 bits per heavy atom. The molecule has 59 valence electrons. The first-order valence-electron chi connectivity index (χ1n) is 4.48. The second kappa shape index (κ2) is 3.97. The lowest BCUT2D eigenvalue weighted by Gasteiger charge is -2.23. The van der Waals surface area contributed by atoms with Crippen LogP contribution in [0.2, 0.25) is 0 Å². The van der Waals surface area contributed by atoms with Gasteiger partial charge in [-0.3, -0.25) is 0 Å². The first kappa shape index (κ1) is 8.06. The second-order valence-electron chi connectivity index (χ2n) is 3.43. The Morgan fingerprint density at radius 1 is 1.20 bits per heavy atom. The lowest BCUT2D eigenvalue weighted by atomic mass is 9.85. The van der Waals surface area contributed by atoms with Crippen LogP contribution in [0.25, 0.3) is 0 Å². The molecule has 1 nitrogen and oxygen atoms in total. The van der Waals surface area contributed by atoms with Crippen LogP contribution in [0.4, 0.5) is 0 Å². The maximum atomic E-state index is 10.9. The summed E-state index contributed by atoms with van der Waals surface area (Å²) in [4.78, 5) is 0. The monoisotopic (exact) mass is 141 g/mol. The number of hydrogen-bond acceptors (Lipinski definition) is 0. The van der Waals surface area contributed by atoms with Gasteiger partial charge in [-0.25, -0.2) is 5.11 Å². The molecule has 1 heteroatoms.